The minimum absolute atomic E-state index is 0.280. The van der Waals surface area contributed by atoms with Gasteiger partial charge in [-0.15, -0.1) is 11.3 Å². The van der Waals surface area contributed by atoms with Crippen molar-refractivity contribution in [1.29, 1.82) is 0 Å². The lowest BCUT2D eigenvalue weighted by molar-refractivity contribution is -0.113. The first kappa shape index (κ1) is 12.4. The van der Waals surface area contributed by atoms with Crippen LogP contribution in [0.4, 0.5) is 0 Å². The molecule has 1 heterocycles. The van der Waals surface area contributed by atoms with Crippen molar-refractivity contribution in [2.24, 2.45) is 28.4 Å². The van der Waals surface area contributed by atoms with E-state index in [2.05, 4.69) is 25.3 Å². The van der Waals surface area contributed by atoms with Crippen molar-refractivity contribution in [2.45, 2.75) is 58.4 Å². The third kappa shape index (κ3) is 1.83. The topological polar surface area (TPSA) is 26.0 Å². The Morgan fingerprint density at radius 3 is 2.47 bits per heavy atom. The van der Waals surface area contributed by atoms with Gasteiger partial charge in [-0.3, -0.25) is 0 Å². The minimum atomic E-state index is 0.280. The fourth-order valence-electron chi connectivity index (χ4n) is 6.14. The highest BCUT2D eigenvalue weighted by Crippen LogP contribution is 2.67. The van der Waals surface area contributed by atoms with E-state index in [9.17, 15) is 0 Å². The fourth-order valence-corrected chi connectivity index (χ4v) is 6.88. The van der Waals surface area contributed by atoms with Gasteiger partial charge in [0.1, 0.15) is 0 Å². The number of hydrogen-bond donors (Lipinski definition) is 1. The first-order valence-electron chi connectivity index (χ1n) is 7.79. The predicted molar refractivity (Wildman–Crippen MR) is 81.2 cm³/mol. The Balaban J connectivity index is 1.70. The average molecular weight is 275 g/mol. The predicted octanol–water partition coefficient (Wildman–Crippen LogP) is 4.66. The van der Waals surface area contributed by atoms with Crippen LogP contribution in [-0.4, -0.2) is 0 Å². The minimum Gasteiger partial charge on any atom is -0.323 e. The molecule has 4 saturated carbocycles. The largest absolute Gasteiger partial charge is 0.323 e. The smallest absolute Gasteiger partial charge is 0.0360 e. The van der Waals surface area contributed by atoms with Crippen LogP contribution in [0.3, 0.4) is 0 Å². The third-order valence-electron chi connectivity index (χ3n) is 6.17. The second-order valence-electron chi connectivity index (χ2n) is 8.10. The van der Waals surface area contributed by atoms with Gasteiger partial charge in [0.2, 0.25) is 0 Å². The van der Waals surface area contributed by atoms with Gasteiger partial charge in [-0.25, -0.2) is 0 Å². The molecule has 0 aromatic carbocycles. The van der Waals surface area contributed by atoms with E-state index in [0.29, 0.717) is 10.8 Å². The van der Waals surface area contributed by atoms with Gasteiger partial charge in [-0.1, -0.05) is 6.92 Å². The van der Waals surface area contributed by atoms with Crippen molar-refractivity contribution in [1.82, 2.24) is 0 Å². The van der Waals surface area contributed by atoms with Crippen molar-refractivity contribution in [3.63, 3.8) is 0 Å². The van der Waals surface area contributed by atoms with Gasteiger partial charge in [0.15, 0.2) is 0 Å². The molecular formula is C17H25NS. The van der Waals surface area contributed by atoms with Crippen molar-refractivity contribution in [3.8, 4) is 0 Å². The molecule has 1 aromatic heterocycles. The van der Waals surface area contributed by atoms with E-state index in [1.807, 2.05) is 11.3 Å². The van der Waals surface area contributed by atoms with Gasteiger partial charge in [-0.2, -0.15) is 0 Å². The lowest BCUT2D eigenvalue weighted by Gasteiger charge is -2.63. The lowest BCUT2D eigenvalue weighted by atomic mass is 9.43. The van der Waals surface area contributed by atoms with E-state index in [-0.39, 0.29) is 6.04 Å². The highest BCUT2D eigenvalue weighted by Gasteiger charge is 2.57. The summed E-state index contributed by atoms with van der Waals surface area (Å²) in [6, 6.07) is 2.61. The third-order valence-corrected chi connectivity index (χ3v) is 7.05. The molecule has 0 aliphatic heterocycles. The van der Waals surface area contributed by atoms with Crippen LogP contribution in [-0.2, 0) is 0 Å². The molecule has 2 heteroatoms. The zero-order valence-corrected chi connectivity index (χ0v) is 12.9. The first-order valence-corrected chi connectivity index (χ1v) is 8.67. The molecular weight excluding hydrogens is 250 g/mol. The maximum atomic E-state index is 6.77. The Hall–Kier alpha value is -0.340. The number of thiophene rings is 1. The summed E-state index contributed by atoms with van der Waals surface area (Å²) in [7, 11) is 0. The summed E-state index contributed by atoms with van der Waals surface area (Å²) in [4.78, 5) is 1.40. The summed E-state index contributed by atoms with van der Waals surface area (Å²) in [5.41, 5.74) is 9.21. The van der Waals surface area contributed by atoms with E-state index in [1.165, 1.54) is 49.0 Å². The second-order valence-corrected chi connectivity index (χ2v) is 9.22. The maximum Gasteiger partial charge on any atom is 0.0360 e. The lowest BCUT2D eigenvalue weighted by Crippen LogP contribution is -2.54. The SMILES string of the molecule is Cc1cc(C(N)C23CC4CC(CC(C)(C4)C2)C3)cs1. The van der Waals surface area contributed by atoms with Crippen molar-refractivity contribution < 1.29 is 0 Å². The highest BCUT2D eigenvalue weighted by atomic mass is 32.1. The Morgan fingerprint density at radius 2 is 1.95 bits per heavy atom. The summed E-state index contributed by atoms with van der Waals surface area (Å²) in [5, 5.41) is 2.31. The second kappa shape index (κ2) is 3.85. The average Bonchev–Trinajstić information content (AvgIpc) is 2.71. The summed E-state index contributed by atoms with van der Waals surface area (Å²) in [5.74, 6) is 1.94. The first-order chi connectivity index (χ1) is 8.98. The number of hydrogen-bond acceptors (Lipinski definition) is 2. The number of aryl methyl sites for hydroxylation is 1. The summed E-state index contributed by atoms with van der Waals surface area (Å²) in [6.45, 7) is 4.73. The molecule has 4 aliphatic carbocycles. The zero-order chi connectivity index (χ0) is 13.3. The van der Waals surface area contributed by atoms with E-state index >= 15 is 0 Å². The molecule has 5 rings (SSSR count). The van der Waals surface area contributed by atoms with Gasteiger partial charge in [0, 0.05) is 10.9 Å². The summed E-state index contributed by atoms with van der Waals surface area (Å²) in [6.07, 6.45) is 8.61. The van der Waals surface area contributed by atoms with Gasteiger partial charge in [-0.05, 0) is 85.1 Å². The monoisotopic (exact) mass is 275 g/mol. The Morgan fingerprint density at radius 1 is 1.26 bits per heavy atom. The van der Waals surface area contributed by atoms with Crippen LogP contribution in [0, 0.1) is 29.6 Å². The summed E-state index contributed by atoms with van der Waals surface area (Å²) >= 11 is 1.86. The molecule has 19 heavy (non-hydrogen) atoms. The molecule has 4 fully saturated rings. The standard InChI is InChI=1S/C17H25NS/c1-11-3-14(9-19-11)15(18)17-7-12-4-13(8-17)6-16(2,5-12)10-17/h3,9,12-13,15H,4-8,10,18H2,1-2H3. The van der Waals surface area contributed by atoms with Gasteiger partial charge >= 0.3 is 0 Å². The molecule has 3 unspecified atom stereocenters. The molecule has 0 radical (unpaired) electrons. The van der Waals surface area contributed by atoms with Crippen LogP contribution in [0.15, 0.2) is 11.4 Å². The molecule has 1 nitrogen and oxygen atoms in total. The van der Waals surface area contributed by atoms with E-state index in [0.717, 1.165) is 11.8 Å². The number of rotatable bonds is 2. The van der Waals surface area contributed by atoms with Gasteiger partial charge < -0.3 is 5.73 Å². The maximum absolute atomic E-state index is 6.77. The Labute approximate surface area is 120 Å². The van der Waals surface area contributed by atoms with Crippen molar-refractivity contribution in [3.05, 3.63) is 21.9 Å². The Kier molecular flexibility index (Phi) is 2.52. The van der Waals surface area contributed by atoms with Crippen LogP contribution >= 0.6 is 11.3 Å². The molecule has 0 spiro atoms. The fraction of sp³-hybridized carbons (Fsp3) is 0.765. The molecule has 2 N–H and O–H groups in total. The van der Waals surface area contributed by atoms with Crippen molar-refractivity contribution in [2.75, 3.05) is 0 Å². The molecule has 3 atom stereocenters. The molecule has 4 bridgehead atoms. The van der Waals surface area contributed by atoms with Crippen molar-refractivity contribution >= 4 is 11.3 Å². The Bertz CT molecular complexity index is 489. The zero-order valence-electron chi connectivity index (χ0n) is 12.1. The van der Waals surface area contributed by atoms with Crippen LogP contribution < -0.4 is 5.73 Å². The van der Waals surface area contributed by atoms with Crippen LogP contribution in [0.2, 0.25) is 0 Å². The molecule has 0 saturated heterocycles. The van der Waals surface area contributed by atoms with Gasteiger partial charge in [0.05, 0.1) is 0 Å². The summed E-state index contributed by atoms with van der Waals surface area (Å²) < 4.78 is 0. The number of nitrogens with two attached hydrogens (primary N) is 1. The highest BCUT2D eigenvalue weighted by molar-refractivity contribution is 7.10. The molecule has 4 aliphatic rings. The molecule has 1 aromatic rings. The van der Waals surface area contributed by atoms with Crippen LogP contribution in [0.1, 0.15) is 61.9 Å². The van der Waals surface area contributed by atoms with Crippen LogP contribution in [0.5, 0.6) is 0 Å². The molecule has 0 amide bonds. The molecule has 104 valence electrons. The van der Waals surface area contributed by atoms with E-state index in [4.69, 9.17) is 5.73 Å². The van der Waals surface area contributed by atoms with Crippen LogP contribution in [0.25, 0.3) is 0 Å². The normalized spacial score (nSPS) is 45.6. The van der Waals surface area contributed by atoms with Gasteiger partial charge in [0.25, 0.3) is 0 Å². The van der Waals surface area contributed by atoms with E-state index < -0.39 is 0 Å². The quantitative estimate of drug-likeness (QED) is 0.834. The van der Waals surface area contributed by atoms with E-state index in [1.54, 1.807) is 0 Å².